The third-order valence-electron chi connectivity index (χ3n) is 4.76. The maximum Gasteiger partial charge on any atom is 0.224 e. The molecule has 3 saturated heterocycles. The highest BCUT2D eigenvalue weighted by Crippen LogP contribution is 2.39. The Kier molecular flexibility index (Phi) is 6.02. The van der Waals surface area contributed by atoms with Crippen molar-refractivity contribution < 1.29 is 9.53 Å². The van der Waals surface area contributed by atoms with Crippen molar-refractivity contribution in [2.75, 3.05) is 44.4 Å². The van der Waals surface area contributed by atoms with Crippen LogP contribution in [0.1, 0.15) is 25.7 Å². The second-order valence-electron chi connectivity index (χ2n) is 6.11. The van der Waals surface area contributed by atoms with Gasteiger partial charge in [0.25, 0.3) is 0 Å². The highest BCUT2D eigenvalue weighted by atomic mass is 35.5. The van der Waals surface area contributed by atoms with E-state index in [1.54, 1.807) is 0 Å². The molecule has 3 aliphatic rings. The van der Waals surface area contributed by atoms with Gasteiger partial charge in [-0.3, -0.25) is 4.79 Å². The van der Waals surface area contributed by atoms with Crippen LogP contribution in [0.4, 0.5) is 0 Å². The van der Waals surface area contributed by atoms with Crippen molar-refractivity contribution in [3.05, 3.63) is 0 Å². The monoisotopic (exact) mass is 320 g/mol. The van der Waals surface area contributed by atoms with Gasteiger partial charge in [-0.25, -0.2) is 0 Å². The van der Waals surface area contributed by atoms with Gasteiger partial charge in [0.2, 0.25) is 5.91 Å². The van der Waals surface area contributed by atoms with Crippen molar-refractivity contribution in [1.82, 2.24) is 10.2 Å². The Morgan fingerprint density at radius 3 is 2.85 bits per heavy atom. The van der Waals surface area contributed by atoms with Crippen LogP contribution in [0.3, 0.4) is 0 Å². The van der Waals surface area contributed by atoms with Crippen LogP contribution in [0.2, 0.25) is 0 Å². The molecule has 20 heavy (non-hydrogen) atoms. The molecule has 3 fully saturated rings. The molecular formula is C14H25ClN2O2S. The van der Waals surface area contributed by atoms with Gasteiger partial charge in [0.1, 0.15) is 0 Å². The number of hydrogen-bond donors (Lipinski definition) is 1. The van der Waals surface area contributed by atoms with E-state index >= 15 is 0 Å². The first kappa shape index (κ1) is 16.4. The Hall–Kier alpha value is 0.0300. The fourth-order valence-electron chi connectivity index (χ4n) is 3.45. The Labute approximate surface area is 131 Å². The summed E-state index contributed by atoms with van der Waals surface area (Å²) < 4.78 is 5.46. The first-order valence-corrected chi connectivity index (χ1v) is 8.60. The Morgan fingerprint density at radius 1 is 1.35 bits per heavy atom. The number of nitrogens with zero attached hydrogens (tertiary/aromatic N) is 1. The number of carbonyl (C=O) groups excluding carboxylic acids is 1. The molecule has 1 amide bonds. The highest BCUT2D eigenvalue weighted by Gasteiger charge is 2.41. The molecule has 0 bridgehead atoms. The second kappa shape index (κ2) is 7.34. The van der Waals surface area contributed by atoms with E-state index in [4.69, 9.17) is 4.74 Å². The topological polar surface area (TPSA) is 41.6 Å². The molecule has 0 saturated carbocycles. The molecule has 0 aromatic heterocycles. The summed E-state index contributed by atoms with van der Waals surface area (Å²) in [5, 5.41) is 3.46. The molecule has 1 N–H and O–H groups in total. The number of amides is 1. The zero-order valence-electron chi connectivity index (χ0n) is 11.9. The molecule has 0 aliphatic carbocycles. The second-order valence-corrected chi connectivity index (χ2v) is 7.26. The summed E-state index contributed by atoms with van der Waals surface area (Å²) in [4.78, 5) is 14.5. The van der Waals surface area contributed by atoms with Crippen LogP contribution in [0.15, 0.2) is 0 Å². The SMILES string of the molecule is Cl.O=C(CC1CSCCN1)N1CCC2(CCOCC2)C1. The minimum Gasteiger partial charge on any atom is -0.381 e. The average molecular weight is 321 g/mol. The molecule has 116 valence electrons. The Balaban J connectivity index is 0.00000147. The first-order valence-electron chi connectivity index (χ1n) is 7.44. The number of rotatable bonds is 2. The van der Waals surface area contributed by atoms with E-state index in [1.165, 1.54) is 12.2 Å². The van der Waals surface area contributed by atoms with E-state index in [1.807, 2.05) is 11.8 Å². The highest BCUT2D eigenvalue weighted by molar-refractivity contribution is 7.99. The van der Waals surface area contributed by atoms with Gasteiger partial charge in [-0.15, -0.1) is 12.4 Å². The van der Waals surface area contributed by atoms with E-state index in [0.29, 0.717) is 23.8 Å². The standard InChI is InChI=1S/C14H24N2O2S.ClH/c17-13(9-12-10-19-8-4-15-12)16-5-1-14(11-16)2-6-18-7-3-14;/h12,15H,1-11H2;1H. The van der Waals surface area contributed by atoms with Crippen molar-refractivity contribution >= 4 is 30.1 Å². The Morgan fingerprint density at radius 2 is 2.15 bits per heavy atom. The number of ether oxygens (including phenoxy) is 1. The average Bonchev–Trinajstić information content (AvgIpc) is 2.85. The fraction of sp³-hybridized carbons (Fsp3) is 0.929. The molecule has 3 rings (SSSR count). The summed E-state index contributed by atoms with van der Waals surface area (Å²) >= 11 is 1.96. The predicted octanol–water partition coefficient (Wildman–Crippen LogP) is 1.53. The molecule has 0 radical (unpaired) electrons. The van der Waals surface area contributed by atoms with E-state index in [2.05, 4.69) is 10.2 Å². The fourth-order valence-corrected chi connectivity index (χ4v) is 4.40. The molecule has 0 aromatic carbocycles. The van der Waals surface area contributed by atoms with Crippen LogP contribution < -0.4 is 5.32 Å². The minimum absolute atomic E-state index is 0. The molecule has 3 aliphatic heterocycles. The molecule has 1 atom stereocenters. The van der Waals surface area contributed by atoms with Gasteiger partial charge in [0, 0.05) is 56.8 Å². The smallest absolute Gasteiger partial charge is 0.224 e. The maximum atomic E-state index is 12.4. The van der Waals surface area contributed by atoms with Gasteiger partial charge in [-0.2, -0.15) is 11.8 Å². The van der Waals surface area contributed by atoms with Crippen LogP contribution in [-0.2, 0) is 9.53 Å². The summed E-state index contributed by atoms with van der Waals surface area (Å²) in [6.45, 7) is 4.73. The van der Waals surface area contributed by atoms with Crippen LogP contribution in [0.25, 0.3) is 0 Å². The van der Waals surface area contributed by atoms with Gasteiger partial charge in [0.15, 0.2) is 0 Å². The largest absolute Gasteiger partial charge is 0.381 e. The third-order valence-corrected chi connectivity index (χ3v) is 5.89. The van der Waals surface area contributed by atoms with Gasteiger partial charge in [0.05, 0.1) is 0 Å². The summed E-state index contributed by atoms with van der Waals surface area (Å²) in [5.41, 5.74) is 0.378. The lowest BCUT2D eigenvalue weighted by Gasteiger charge is -2.33. The van der Waals surface area contributed by atoms with Crippen LogP contribution in [0.5, 0.6) is 0 Å². The molecule has 4 nitrogen and oxygen atoms in total. The zero-order chi connectivity index (χ0) is 13.1. The molecule has 1 spiro atoms. The number of carbonyl (C=O) groups is 1. The van der Waals surface area contributed by atoms with Crippen LogP contribution in [0, 0.1) is 5.41 Å². The van der Waals surface area contributed by atoms with Gasteiger partial charge >= 0.3 is 0 Å². The lowest BCUT2D eigenvalue weighted by Crippen LogP contribution is -2.43. The van der Waals surface area contributed by atoms with Crippen molar-refractivity contribution in [2.45, 2.75) is 31.7 Å². The molecule has 0 aromatic rings. The van der Waals surface area contributed by atoms with E-state index in [-0.39, 0.29) is 12.4 Å². The van der Waals surface area contributed by atoms with E-state index in [9.17, 15) is 4.79 Å². The Bertz CT molecular complexity index is 331. The summed E-state index contributed by atoms with van der Waals surface area (Å²) in [6.07, 6.45) is 4.12. The lowest BCUT2D eigenvalue weighted by molar-refractivity contribution is -0.131. The summed E-state index contributed by atoms with van der Waals surface area (Å²) in [6, 6.07) is 0.387. The van der Waals surface area contributed by atoms with Gasteiger partial charge in [-0.1, -0.05) is 0 Å². The van der Waals surface area contributed by atoms with Crippen molar-refractivity contribution in [2.24, 2.45) is 5.41 Å². The molecule has 3 heterocycles. The minimum atomic E-state index is 0. The van der Waals surface area contributed by atoms with Gasteiger partial charge in [-0.05, 0) is 24.7 Å². The predicted molar refractivity (Wildman–Crippen MR) is 84.7 cm³/mol. The van der Waals surface area contributed by atoms with E-state index < -0.39 is 0 Å². The first-order chi connectivity index (χ1) is 9.27. The zero-order valence-corrected chi connectivity index (χ0v) is 13.6. The van der Waals surface area contributed by atoms with Crippen molar-refractivity contribution in [1.29, 1.82) is 0 Å². The molecular weight excluding hydrogens is 296 g/mol. The van der Waals surface area contributed by atoms with Crippen molar-refractivity contribution in [3.8, 4) is 0 Å². The van der Waals surface area contributed by atoms with Crippen LogP contribution in [-0.4, -0.2) is 61.2 Å². The normalized spacial score (nSPS) is 29.2. The molecule has 6 heteroatoms. The summed E-state index contributed by atoms with van der Waals surface area (Å²) in [5.74, 6) is 2.61. The number of nitrogens with one attached hydrogen (secondary N) is 1. The maximum absolute atomic E-state index is 12.4. The number of halogens is 1. The number of likely N-dealkylation sites (tertiary alicyclic amines) is 1. The lowest BCUT2D eigenvalue weighted by atomic mass is 9.80. The molecule has 1 unspecified atom stereocenters. The quantitative estimate of drug-likeness (QED) is 0.838. The number of hydrogen-bond acceptors (Lipinski definition) is 4. The van der Waals surface area contributed by atoms with Gasteiger partial charge < -0.3 is 15.0 Å². The number of thioether (sulfide) groups is 1. The third kappa shape index (κ3) is 3.81. The van der Waals surface area contributed by atoms with Crippen LogP contribution >= 0.6 is 24.2 Å². The van der Waals surface area contributed by atoms with Crippen molar-refractivity contribution in [3.63, 3.8) is 0 Å². The van der Waals surface area contributed by atoms with E-state index in [0.717, 1.165) is 51.4 Å². The summed E-state index contributed by atoms with van der Waals surface area (Å²) in [7, 11) is 0.